The largest absolute Gasteiger partial charge is 0.355 e. The summed E-state index contributed by atoms with van der Waals surface area (Å²) in [7, 11) is 0. The van der Waals surface area contributed by atoms with Crippen LogP contribution in [0.2, 0.25) is 0 Å². The molecule has 0 saturated carbocycles. The Morgan fingerprint density at radius 3 is 2.92 bits per heavy atom. The first-order valence-electron chi connectivity index (χ1n) is 3.92. The number of hydrogen-bond donors (Lipinski definition) is 0. The van der Waals surface area contributed by atoms with E-state index in [1.807, 2.05) is 0 Å². The van der Waals surface area contributed by atoms with Gasteiger partial charge in [0.25, 0.3) is 5.70 Å². The van der Waals surface area contributed by atoms with E-state index in [1.54, 1.807) is 13.0 Å². The van der Waals surface area contributed by atoms with Crippen LogP contribution in [0.3, 0.4) is 0 Å². The molecular formula is C8H10ClNO3. The van der Waals surface area contributed by atoms with Gasteiger partial charge in [-0.15, -0.1) is 0 Å². The van der Waals surface area contributed by atoms with Crippen molar-refractivity contribution < 1.29 is 9.66 Å². The van der Waals surface area contributed by atoms with E-state index in [2.05, 4.69) is 0 Å². The zero-order valence-electron chi connectivity index (χ0n) is 7.14. The molecular weight excluding hydrogens is 194 g/mol. The Morgan fingerprint density at radius 2 is 2.54 bits per heavy atom. The van der Waals surface area contributed by atoms with Crippen LogP contribution in [0.4, 0.5) is 0 Å². The number of ether oxygens (including phenoxy) is 1. The van der Waals surface area contributed by atoms with Gasteiger partial charge in [-0.25, -0.2) is 0 Å². The van der Waals surface area contributed by atoms with E-state index in [9.17, 15) is 10.1 Å². The van der Waals surface area contributed by atoms with Crippen LogP contribution in [0.5, 0.6) is 0 Å². The van der Waals surface area contributed by atoms with Crippen LogP contribution >= 0.6 is 11.6 Å². The number of nitro groups is 1. The molecule has 0 saturated heterocycles. The van der Waals surface area contributed by atoms with Gasteiger partial charge in [0.1, 0.15) is 5.56 Å². The molecule has 4 nitrogen and oxygen atoms in total. The Bertz CT molecular complexity index is 260. The molecule has 13 heavy (non-hydrogen) atoms. The lowest BCUT2D eigenvalue weighted by Gasteiger charge is -2.15. The summed E-state index contributed by atoms with van der Waals surface area (Å²) in [5.41, 5.74) is -0.262. The fourth-order valence-electron chi connectivity index (χ4n) is 1.07. The van der Waals surface area contributed by atoms with Crippen molar-refractivity contribution in [1.82, 2.24) is 0 Å². The second kappa shape index (κ2) is 4.39. The fourth-order valence-corrected chi connectivity index (χ4v) is 1.20. The van der Waals surface area contributed by atoms with Crippen LogP contribution < -0.4 is 0 Å². The van der Waals surface area contributed by atoms with Crippen molar-refractivity contribution in [3.63, 3.8) is 0 Å². The van der Waals surface area contributed by atoms with Crippen molar-refractivity contribution in [1.29, 1.82) is 0 Å². The maximum atomic E-state index is 10.3. The van der Waals surface area contributed by atoms with E-state index in [1.165, 1.54) is 12.2 Å². The van der Waals surface area contributed by atoms with E-state index >= 15 is 0 Å². The van der Waals surface area contributed by atoms with Crippen molar-refractivity contribution in [2.24, 2.45) is 0 Å². The Labute approximate surface area is 81.0 Å². The van der Waals surface area contributed by atoms with Crippen LogP contribution in [0, 0.1) is 10.1 Å². The minimum absolute atomic E-state index is 0.113. The molecule has 2 unspecified atom stereocenters. The zero-order valence-corrected chi connectivity index (χ0v) is 7.90. The van der Waals surface area contributed by atoms with Gasteiger partial charge in [0.15, 0.2) is 0 Å². The molecule has 1 rings (SSSR count). The molecule has 1 aliphatic carbocycles. The highest BCUT2D eigenvalue weighted by atomic mass is 35.5. The summed E-state index contributed by atoms with van der Waals surface area (Å²) in [6.45, 7) is 1.71. The summed E-state index contributed by atoms with van der Waals surface area (Å²) in [4.78, 5) is 9.88. The molecule has 0 radical (unpaired) electrons. The van der Waals surface area contributed by atoms with Crippen molar-refractivity contribution in [3.8, 4) is 0 Å². The van der Waals surface area contributed by atoms with Gasteiger partial charge >= 0.3 is 0 Å². The third-order valence-corrected chi connectivity index (χ3v) is 1.72. The monoisotopic (exact) mass is 203 g/mol. The number of nitrogens with zero attached hydrogens (tertiary/aromatic N) is 1. The highest BCUT2D eigenvalue weighted by Gasteiger charge is 2.16. The average molecular weight is 204 g/mol. The van der Waals surface area contributed by atoms with Gasteiger partial charge in [-0.05, 0) is 19.1 Å². The zero-order chi connectivity index (χ0) is 9.84. The van der Waals surface area contributed by atoms with Crippen molar-refractivity contribution in [2.75, 3.05) is 0 Å². The van der Waals surface area contributed by atoms with Gasteiger partial charge in [-0.2, -0.15) is 0 Å². The molecule has 0 aromatic carbocycles. The summed E-state index contributed by atoms with van der Waals surface area (Å²) >= 11 is 5.60. The highest BCUT2D eigenvalue weighted by molar-refractivity contribution is 6.19. The smallest absolute Gasteiger partial charge is 0.265 e. The van der Waals surface area contributed by atoms with Crippen LogP contribution in [-0.4, -0.2) is 16.6 Å². The van der Waals surface area contributed by atoms with Crippen LogP contribution in [-0.2, 0) is 4.74 Å². The summed E-state index contributed by atoms with van der Waals surface area (Å²) in [6, 6.07) is 0. The van der Waals surface area contributed by atoms with Gasteiger partial charge in [0.2, 0.25) is 0 Å². The second-order valence-corrected chi connectivity index (χ2v) is 3.31. The minimum Gasteiger partial charge on any atom is -0.355 e. The molecule has 0 heterocycles. The molecule has 0 N–H and O–H groups in total. The third-order valence-electron chi connectivity index (χ3n) is 1.61. The number of rotatable bonds is 3. The Kier molecular flexibility index (Phi) is 3.45. The maximum Gasteiger partial charge on any atom is 0.265 e. The lowest BCUT2D eigenvalue weighted by molar-refractivity contribution is -0.419. The van der Waals surface area contributed by atoms with Gasteiger partial charge < -0.3 is 4.74 Å². The summed E-state index contributed by atoms with van der Waals surface area (Å²) in [5, 5.41) is 10.3. The summed E-state index contributed by atoms with van der Waals surface area (Å²) in [6.07, 6.45) is 4.98. The number of alkyl halides is 1. The Hall–Kier alpha value is -0.870. The van der Waals surface area contributed by atoms with E-state index in [0.29, 0.717) is 6.42 Å². The van der Waals surface area contributed by atoms with Gasteiger partial charge in [-0.1, -0.05) is 11.6 Å². The summed E-state index contributed by atoms with van der Waals surface area (Å²) in [5.74, 6) is 0. The standard InChI is InChI=1S/C8H10ClNO3/c1-6(9)13-8-4-2-7(3-5-8)10(11)12/h2-4,6,8H,5H2,1H3. The molecule has 0 aromatic rings. The topological polar surface area (TPSA) is 52.4 Å². The van der Waals surface area contributed by atoms with Crippen molar-refractivity contribution in [2.45, 2.75) is 25.0 Å². The van der Waals surface area contributed by atoms with Gasteiger partial charge in [-0.3, -0.25) is 10.1 Å². The van der Waals surface area contributed by atoms with Crippen LogP contribution in [0.1, 0.15) is 13.3 Å². The van der Waals surface area contributed by atoms with Crippen LogP contribution in [0.25, 0.3) is 0 Å². The van der Waals surface area contributed by atoms with Crippen molar-refractivity contribution >= 4 is 11.6 Å². The van der Waals surface area contributed by atoms with E-state index < -0.39 is 4.92 Å². The van der Waals surface area contributed by atoms with E-state index in [0.717, 1.165) is 0 Å². The molecule has 0 aliphatic heterocycles. The summed E-state index contributed by atoms with van der Waals surface area (Å²) < 4.78 is 5.23. The average Bonchev–Trinajstić information content (AvgIpc) is 2.04. The first kappa shape index (κ1) is 10.2. The van der Waals surface area contributed by atoms with Gasteiger partial charge in [0, 0.05) is 12.5 Å². The molecule has 1 aliphatic rings. The molecule has 0 fully saturated rings. The first-order valence-corrected chi connectivity index (χ1v) is 4.35. The Balaban J connectivity index is 2.48. The van der Waals surface area contributed by atoms with E-state index in [4.69, 9.17) is 16.3 Å². The predicted octanol–water partition coefficient (Wildman–Crippen LogP) is 2.08. The lowest BCUT2D eigenvalue weighted by Crippen LogP contribution is -2.16. The van der Waals surface area contributed by atoms with E-state index in [-0.39, 0.29) is 17.4 Å². The molecule has 0 bridgehead atoms. The van der Waals surface area contributed by atoms with Gasteiger partial charge in [0.05, 0.1) is 11.0 Å². The molecule has 72 valence electrons. The molecule has 5 heteroatoms. The highest BCUT2D eigenvalue weighted by Crippen LogP contribution is 2.15. The maximum absolute atomic E-state index is 10.3. The molecule has 0 amide bonds. The molecule has 0 spiro atoms. The number of allylic oxidation sites excluding steroid dienone is 1. The van der Waals surface area contributed by atoms with Crippen molar-refractivity contribution in [3.05, 3.63) is 34.0 Å². The molecule has 2 atom stereocenters. The number of halogens is 1. The first-order chi connectivity index (χ1) is 6.09. The second-order valence-electron chi connectivity index (χ2n) is 2.70. The normalized spacial score (nSPS) is 23.8. The number of hydrogen-bond acceptors (Lipinski definition) is 3. The quantitative estimate of drug-likeness (QED) is 0.401. The molecule has 0 aromatic heterocycles. The third kappa shape index (κ3) is 3.16. The lowest BCUT2D eigenvalue weighted by atomic mass is 10.1. The Morgan fingerprint density at radius 1 is 1.85 bits per heavy atom. The SMILES string of the molecule is CC(Cl)OC1C=CC([N+](=O)[O-])=CC1. The fraction of sp³-hybridized carbons (Fsp3) is 0.500. The predicted molar refractivity (Wildman–Crippen MR) is 49.0 cm³/mol. The minimum atomic E-state index is -0.420. The van der Waals surface area contributed by atoms with Crippen LogP contribution in [0.15, 0.2) is 23.9 Å².